The van der Waals surface area contributed by atoms with Gasteiger partial charge in [-0.25, -0.2) is 23.4 Å². The number of aryl methyl sites for hydroxylation is 1. The predicted octanol–water partition coefficient (Wildman–Crippen LogP) is 3.21. The van der Waals surface area contributed by atoms with Gasteiger partial charge >= 0.3 is 0 Å². The van der Waals surface area contributed by atoms with Crippen LogP contribution >= 0.6 is 11.3 Å². The number of rotatable bonds is 4. The van der Waals surface area contributed by atoms with Crippen LogP contribution in [0.2, 0.25) is 0 Å². The Bertz CT molecular complexity index is 1430. The maximum Gasteiger partial charge on any atom is 0.265 e. The van der Waals surface area contributed by atoms with E-state index in [-0.39, 0.29) is 23.9 Å². The third-order valence-electron chi connectivity index (χ3n) is 5.63. The summed E-state index contributed by atoms with van der Waals surface area (Å²) in [6.07, 6.45) is 3.27. The fraction of sp³-hybridized carbons (Fsp3) is 0.217. The van der Waals surface area contributed by atoms with Crippen molar-refractivity contribution in [1.82, 2.24) is 24.2 Å². The standard InChI is InChI=1S/C23H21N5O3S2/c1-16-20(32-22(26-16)21-24-9-4-10-25-21)23(29)27-11-13-28(14-12-27)33(30,31)19-8-7-17-5-2-3-6-18(17)15-19/h2-10,15H,11-14H2,1H3. The van der Waals surface area contributed by atoms with Gasteiger partial charge in [0.25, 0.3) is 5.91 Å². The maximum atomic E-state index is 13.2. The van der Waals surface area contributed by atoms with E-state index in [4.69, 9.17) is 0 Å². The SMILES string of the molecule is Cc1nc(-c2ncccn2)sc1C(=O)N1CCN(S(=O)(=O)c2ccc3ccccc3c2)CC1. The molecule has 0 aliphatic carbocycles. The van der Waals surface area contributed by atoms with Crippen LogP contribution in [0.3, 0.4) is 0 Å². The van der Waals surface area contributed by atoms with E-state index in [9.17, 15) is 13.2 Å². The molecule has 0 radical (unpaired) electrons. The molecule has 1 saturated heterocycles. The maximum absolute atomic E-state index is 13.2. The van der Waals surface area contributed by atoms with Crippen LogP contribution in [0, 0.1) is 6.92 Å². The highest BCUT2D eigenvalue weighted by Gasteiger charge is 2.32. The lowest BCUT2D eigenvalue weighted by molar-refractivity contribution is 0.0702. The summed E-state index contributed by atoms with van der Waals surface area (Å²) in [4.78, 5) is 28.5. The van der Waals surface area contributed by atoms with Crippen LogP contribution in [-0.2, 0) is 10.0 Å². The Morgan fingerprint density at radius 2 is 1.64 bits per heavy atom. The molecule has 10 heteroatoms. The van der Waals surface area contributed by atoms with Crippen LogP contribution in [0.5, 0.6) is 0 Å². The highest BCUT2D eigenvalue weighted by atomic mass is 32.2. The first kappa shape index (κ1) is 21.6. The molecule has 0 unspecified atom stereocenters. The Balaban J connectivity index is 1.30. The number of benzene rings is 2. The lowest BCUT2D eigenvalue weighted by atomic mass is 10.1. The van der Waals surface area contributed by atoms with Crippen molar-refractivity contribution in [1.29, 1.82) is 0 Å². The lowest BCUT2D eigenvalue weighted by Gasteiger charge is -2.33. The minimum atomic E-state index is -3.64. The second kappa shape index (κ2) is 8.62. The molecule has 5 rings (SSSR count). The van der Waals surface area contributed by atoms with Crippen LogP contribution < -0.4 is 0 Å². The molecule has 0 bridgehead atoms. The summed E-state index contributed by atoms with van der Waals surface area (Å²) in [5.41, 5.74) is 0.624. The van der Waals surface area contributed by atoms with Crippen molar-refractivity contribution in [2.75, 3.05) is 26.2 Å². The molecule has 2 aromatic heterocycles. The molecule has 4 aromatic rings. The van der Waals surface area contributed by atoms with Crippen molar-refractivity contribution in [3.05, 3.63) is 71.5 Å². The zero-order valence-electron chi connectivity index (χ0n) is 17.9. The van der Waals surface area contributed by atoms with Gasteiger partial charge in [0.05, 0.1) is 10.6 Å². The predicted molar refractivity (Wildman–Crippen MR) is 126 cm³/mol. The van der Waals surface area contributed by atoms with Gasteiger partial charge in [-0.1, -0.05) is 30.3 Å². The van der Waals surface area contributed by atoms with Gasteiger partial charge in [-0.05, 0) is 35.9 Å². The Morgan fingerprint density at radius 1 is 0.939 bits per heavy atom. The first-order valence-electron chi connectivity index (χ1n) is 10.5. The summed E-state index contributed by atoms with van der Waals surface area (Å²) in [5, 5.41) is 2.47. The molecule has 0 N–H and O–H groups in total. The molecule has 1 aliphatic rings. The molecule has 3 heterocycles. The zero-order chi connectivity index (χ0) is 23.0. The Labute approximate surface area is 195 Å². The topological polar surface area (TPSA) is 96.4 Å². The van der Waals surface area contributed by atoms with Crippen molar-refractivity contribution in [3.63, 3.8) is 0 Å². The molecule has 1 amide bonds. The summed E-state index contributed by atoms with van der Waals surface area (Å²) < 4.78 is 27.8. The van der Waals surface area contributed by atoms with Crippen LogP contribution in [0.4, 0.5) is 0 Å². The summed E-state index contributed by atoms with van der Waals surface area (Å²) in [6, 6.07) is 14.6. The number of hydrogen-bond acceptors (Lipinski definition) is 7. The van der Waals surface area contributed by atoms with Crippen molar-refractivity contribution >= 4 is 38.0 Å². The Kier molecular flexibility index (Phi) is 5.65. The van der Waals surface area contributed by atoms with Gasteiger partial charge in [0.2, 0.25) is 10.0 Å². The van der Waals surface area contributed by atoms with Crippen molar-refractivity contribution in [2.45, 2.75) is 11.8 Å². The van der Waals surface area contributed by atoms with E-state index in [1.165, 1.54) is 15.6 Å². The van der Waals surface area contributed by atoms with Gasteiger partial charge in [0.15, 0.2) is 10.8 Å². The van der Waals surface area contributed by atoms with E-state index in [1.54, 1.807) is 42.4 Å². The number of nitrogens with zero attached hydrogens (tertiary/aromatic N) is 5. The summed E-state index contributed by atoms with van der Waals surface area (Å²) in [5.74, 6) is 0.339. The van der Waals surface area contributed by atoms with E-state index in [2.05, 4.69) is 15.0 Å². The van der Waals surface area contributed by atoms with E-state index in [0.717, 1.165) is 10.8 Å². The Morgan fingerprint density at radius 3 is 2.36 bits per heavy atom. The molecule has 0 spiro atoms. The molecule has 2 aromatic carbocycles. The van der Waals surface area contributed by atoms with Gasteiger partial charge in [0, 0.05) is 38.6 Å². The van der Waals surface area contributed by atoms with Gasteiger partial charge in [-0.15, -0.1) is 11.3 Å². The average Bonchev–Trinajstić information content (AvgIpc) is 3.25. The van der Waals surface area contributed by atoms with Gasteiger partial charge in [-0.3, -0.25) is 4.79 Å². The first-order chi connectivity index (χ1) is 15.9. The summed E-state index contributed by atoms with van der Waals surface area (Å²) >= 11 is 1.26. The summed E-state index contributed by atoms with van der Waals surface area (Å²) in [7, 11) is -3.64. The van der Waals surface area contributed by atoms with Crippen LogP contribution in [0.1, 0.15) is 15.4 Å². The molecule has 168 valence electrons. The number of thiazole rings is 1. The van der Waals surface area contributed by atoms with E-state index in [0.29, 0.717) is 34.5 Å². The lowest BCUT2D eigenvalue weighted by Crippen LogP contribution is -2.50. The third-order valence-corrected chi connectivity index (χ3v) is 8.67. The molecule has 1 aliphatic heterocycles. The van der Waals surface area contributed by atoms with Gasteiger partial charge < -0.3 is 4.90 Å². The Hall–Kier alpha value is -3.21. The zero-order valence-corrected chi connectivity index (χ0v) is 19.5. The number of carbonyl (C=O) groups is 1. The van der Waals surface area contributed by atoms with Crippen molar-refractivity contribution in [3.8, 4) is 10.8 Å². The number of piperazine rings is 1. The molecule has 0 saturated carbocycles. The summed E-state index contributed by atoms with van der Waals surface area (Å²) in [6.45, 7) is 2.91. The van der Waals surface area contributed by atoms with Crippen molar-refractivity contribution < 1.29 is 13.2 Å². The fourth-order valence-corrected chi connectivity index (χ4v) is 6.29. The highest BCUT2D eigenvalue weighted by molar-refractivity contribution is 7.89. The monoisotopic (exact) mass is 479 g/mol. The minimum absolute atomic E-state index is 0.144. The quantitative estimate of drug-likeness (QED) is 0.446. The number of sulfonamides is 1. The van der Waals surface area contributed by atoms with E-state index >= 15 is 0 Å². The van der Waals surface area contributed by atoms with Crippen molar-refractivity contribution in [2.24, 2.45) is 0 Å². The van der Waals surface area contributed by atoms with Gasteiger partial charge in [0.1, 0.15) is 4.88 Å². The molecule has 1 fully saturated rings. The van der Waals surface area contributed by atoms with Crippen LogP contribution in [0.15, 0.2) is 65.8 Å². The number of aromatic nitrogens is 3. The molecule has 33 heavy (non-hydrogen) atoms. The number of fused-ring (bicyclic) bond motifs is 1. The first-order valence-corrected chi connectivity index (χ1v) is 12.7. The number of amides is 1. The van der Waals surface area contributed by atoms with Gasteiger partial charge in [-0.2, -0.15) is 4.31 Å². The second-order valence-corrected chi connectivity index (χ2v) is 10.6. The molecular formula is C23H21N5O3S2. The minimum Gasteiger partial charge on any atom is -0.335 e. The average molecular weight is 480 g/mol. The highest BCUT2D eigenvalue weighted by Crippen LogP contribution is 2.27. The molecule has 0 atom stereocenters. The largest absolute Gasteiger partial charge is 0.335 e. The van der Waals surface area contributed by atoms with E-state index in [1.807, 2.05) is 30.3 Å². The van der Waals surface area contributed by atoms with Crippen LogP contribution in [0.25, 0.3) is 21.6 Å². The third kappa shape index (κ3) is 4.12. The smallest absolute Gasteiger partial charge is 0.265 e. The normalized spacial score (nSPS) is 15.1. The fourth-order valence-electron chi connectivity index (χ4n) is 3.85. The van der Waals surface area contributed by atoms with Crippen LogP contribution in [-0.4, -0.2) is 64.7 Å². The second-order valence-electron chi connectivity index (χ2n) is 7.71. The number of carbonyl (C=O) groups excluding carboxylic acids is 1. The molecule has 8 nitrogen and oxygen atoms in total. The van der Waals surface area contributed by atoms with E-state index < -0.39 is 10.0 Å². The molecular weight excluding hydrogens is 458 g/mol. The number of hydrogen-bond donors (Lipinski definition) is 0.